The minimum atomic E-state index is -3.88. The lowest BCUT2D eigenvalue weighted by Gasteiger charge is -2.31. The molecule has 0 unspecified atom stereocenters. The molecule has 1 aliphatic rings. The zero-order valence-electron chi connectivity index (χ0n) is 19.1. The van der Waals surface area contributed by atoms with Crippen LogP contribution in [0.25, 0.3) is 11.1 Å². The van der Waals surface area contributed by atoms with Crippen LogP contribution in [-0.4, -0.2) is 20.9 Å². The number of sulfonamides is 1. The zero-order valence-corrected chi connectivity index (χ0v) is 20.0. The summed E-state index contributed by atoms with van der Waals surface area (Å²) in [5.74, 6) is 0.240. The molecule has 1 heterocycles. The van der Waals surface area contributed by atoms with Crippen molar-refractivity contribution in [1.29, 1.82) is 0 Å². The van der Waals surface area contributed by atoms with E-state index >= 15 is 0 Å². The van der Waals surface area contributed by atoms with Crippen molar-refractivity contribution in [3.05, 3.63) is 108 Å². The number of nitrogens with one attached hydrogen (secondary N) is 1. The summed E-state index contributed by atoms with van der Waals surface area (Å²) in [5.41, 5.74) is 4.56. The number of carbonyl (C=O) groups excluding carboxylic acids is 1. The molecule has 0 saturated carbocycles. The Labute approximate surface area is 204 Å². The predicted octanol–water partition coefficient (Wildman–Crippen LogP) is 5.39. The molecule has 4 aromatic rings. The van der Waals surface area contributed by atoms with Gasteiger partial charge in [0.25, 0.3) is 10.0 Å². The van der Waals surface area contributed by atoms with E-state index in [1.165, 1.54) is 4.31 Å². The fraction of sp³-hybridized carbons (Fsp3) is 0.107. The van der Waals surface area contributed by atoms with Crippen molar-refractivity contribution < 1.29 is 17.9 Å². The lowest BCUT2D eigenvalue weighted by molar-refractivity contribution is -0.114. The molecule has 0 spiro atoms. The predicted molar refractivity (Wildman–Crippen MR) is 137 cm³/mol. The van der Waals surface area contributed by atoms with Crippen LogP contribution in [-0.2, 0) is 21.4 Å². The highest BCUT2D eigenvalue weighted by atomic mass is 32.2. The fourth-order valence-electron chi connectivity index (χ4n) is 4.12. The summed E-state index contributed by atoms with van der Waals surface area (Å²) in [6, 6.07) is 29.3. The average molecular weight is 485 g/mol. The molecule has 1 N–H and O–H groups in total. The van der Waals surface area contributed by atoms with Gasteiger partial charge in [-0.3, -0.25) is 9.10 Å². The molecule has 0 saturated heterocycles. The minimum absolute atomic E-state index is 0.200. The first-order chi connectivity index (χ1) is 16.9. The number of rotatable bonds is 6. The van der Waals surface area contributed by atoms with Crippen LogP contribution in [0.1, 0.15) is 11.1 Å². The molecule has 4 aromatic carbocycles. The van der Waals surface area contributed by atoms with Gasteiger partial charge in [-0.05, 0) is 55.0 Å². The second-order valence-electron chi connectivity index (χ2n) is 8.38. The second kappa shape index (κ2) is 9.27. The van der Waals surface area contributed by atoms with Gasteiger partial charge in [0, 0.05) is 16.8 Å². The summed E-state index contributed by atoms with van der Waals surface area (Å²) in [4.78, 5) is 13.1. The van der Waals surface area contributed by atoms with Gasteiger partial charge in [-0.25, -0.2) is 8.42 Å². The van der Waals surface area contributed by atoms with Crippen LogP contribution in [0.3, 0.4) is 0 Å². The largest absolute Gasteiger partial charge is 0.489 e. The third-order valence-electron chi connectivity index (χ3n) is 5.84. The summed E-state index contributed by atoms with van der Waals surface area (Å²) in [7, 11) is -3.88. The second-order valence-corrected chi connectivity index (χ2v) is 10.2. The molecule has 6 nitrogen and oxygen atoms in total. The number of amides is 1. The number of aryl methyl sites for hydroxylation is 1. The van der Waals surface area contributed by atoms with E-state index in [1.54, 1.807) is 48.5 Å². The van der Waals surface area contributed by atoms with Crippen molar-refractivity contribution in [3.63, 3.8) is 0 Å². The number of hydrogen-bond donors (Lipinski definition) is 1. The van der Waals surface area contributed by atoms with Crippen LogP contribution in [0.5, 0.6) is 5.75 Å². The van der Waals surface area contributed by atoms with E-state index in [-0.39, 0.29) is 11.4 Å². The van der Waals surface area contributed by atoms with E-state index < -0.39 is 15.9 Å². The van der Waals surface area contributed by atoms with E-state index in [1.807, 2.05) is 55.5 Å². The number of anilines is 2. The normalized spacial score (nSPS) is 13.5. The van der Waals surface area contributed by atoms with Gasteiger partial charge in [-0.15, -0.1) is 0 Å². The number of fused-ring (bicyclic) bond motifs is 3. The summed E-state index contributed by atoms with van der Waals surface area (Å²) in [6.07, 6.45) is 0. The number of ether oxygens (including phenoxy) is 1. The Kier molecular flexibility index (Phi) is 6.01. The van der Waals surface area contributed by atoms with Gasteiger partial charge in [0.2, 0.25) is 5.91 Å². The highest BCUT2D eigenvalue weighted by Crippen LogP contribution is 2.43. The number of carbonyl (C=O) groups is 1. The van der Waals surface area contributed by atoms with Gasteiger partial charge in [0.05, 0.1) is 10.6 Å². The number of nitrogens with zero attached hydrogens (tertiary/aromatic N) is 1. The van der Waals surface area contributed by atoms with Crippen molar-refractivity contribution >= 4 is 27.3 Å². The molecule has 0 radical (unpaired) electrons. The third-order valence-corrected chi connectivity index (χ3v) is 7.66. The number of benzene rings is 4. The highest BCUT2D eigenvalue weighted by Gasteiger charge is 2.35. The first-order valence-corrected chi connectivity index (χ1v) is 12.7. The highest BCUT2D eigenvalue weighted by molar-refractivity contribution is 7.93. The molecule has 0 aliphatic carbocycles. The first kappa shape index (κ1) is 22.7. The van der Waals surface area contributed by atoms with E-state index in [9.17, 15) is 13.2 Å². The maximum absolute atomic E-state index is 13.4. The van der Waals surface area contributed by atoms with Gasteiger partial charge in [0.1, 0.15) is 18.9 Å². The Bertz CT molecular complexity index is 1480. The van der Waals surface area contributed by atoms with E-state index in [0.29, 0.717) is 29.3 Å². The molecule has 0 bridgehead atoms. The van der Waals surface area contributed by atoms with Crippen molar-refractivity contribution in [2.75, 3.05) is 16.2 Å². The molecule has 176 valence electrons. The molecule has 0 aromatic heterocycles. The molecule has 7 heteroatoms. The Morgan fingerprint density at radius 1 is 0.857 bits per heavy atom. The molecular weight excluding hydrogens is 460 g/mol. The van der Waals surface area contributed by atoms with Gasteiger partial charge >= 0.3 is 0 Å². The molecule has 5 rings (SSSR count). The van der Waals surface area contributed by atoms with Crippen LogP contribution in [0.2, 0.25) is 0 Å². The topological polar surface area (TPSA) is 75.7 Å². The van der Waals surface area contributed by atoms with Crippen LogP contribution < -0.4 is 14.4 Å². The SMILES string of the molecule is Cc1ccc2c(c1)-c1ccccc1S(=O)(=O)N2CC(=O)Nc1ccc(OCc2ccccc2)cc1. The van der Waals surface area contributed by atoms with E-state index in [0.717, 1.165) is 16.7 Å². The average Bonchev–Trinajstić information content (AvgIpc) is 2.87. The Morgan fingerprint density at radius 2 is 1.57 bits per heavy atom. The summed E-state index contributed by atoms with van der Waals surface area (Å²) in [5, 5.41) is 2.79. The quantitative estimate of drug-likeness (QED) is 0.398. The molecule has 0 atom stereocenters. The molecule has 1 aliphatic heterocycles. The Balaban J connectivity index is 1.32. The molecule has 1 amide bonds. The summed E-state index contributed by atoms with van der Waals surface area (Å²) < 4.78 is 33.8. The Hall–Kier alpha value is -4.10. The van der Waals surface area contributed by atoms with Crippen LogP contribution >= 0.6 is 0 Å². The summed E-state index contributed by atoms with van der Waals surface area (Å²) in [6.45, 7) is 2.06. The van der Waals surface area contributed by atoms with Gasteiger partial charge in [0.15, 0.2) is 0 Å². The third kappa shape index (κ3) is 4.63. The van der Waals surface area contributed by atoms with Crippen LogP contribution in [0.4, 0.5) is 11.4 Å². The zero-order chi connectivity index (χ0) is 24.4. The standard InChI is InChI=1S/C28H24N2O4S/c1-20-11-16-26-25(17-20)24-9-5-6-10-27(24)35(32,33)30(26)18-28(31)29-22-12-14-23(15-13-22)34-19-21-7-3-2-4-8-21/h2-17H,18-19H2,1H3,(H,29,31). The smallest absolute Gasteiger partial charge is 0.265 e. The lowest BCUT2D eigenvalue weighted by Crippen LogP contribution is -2.40. The lowest BCUT2D eigenvalue weighted by atomic mass is 10.0. The maximum Gasteiger partial charge on any atom is 0.265 e. The van der Waals surface area contributed by atoms with Crippen molar-refractivity contribution in [3.8, 4) is 16.9 Å². The van der Waals surface area contributed by atoms with Gasteiger partial charge in [-0.2, -0.15) is 0 Å². The van der Waals surface area contributed by atoms with Crippen molar-refractivity contribution in [1.82, 2.24) is 0 Å². The number of hydrogen-bond acceptors (Lipinski definition) is 4. The molecule has 35 heavy (non-hydrogen) atoms. The van der Waals surface area contributed by atoms with E-state index in [4.69, 9.17) is 4.74 Å². The van der Waals surface area contributed by atoms with Gasteiger partial charge in [-0.1, -0.05) is 60.2 Å². The first-order valence-electron chi connectivity index (χ1n) is 11.2. The maximum atomic E-state index is 13.4. The fourth-order valence-corrected chi connectivity index (χ4v) is 5.77. The summed E-state index contributed by atoms with van der Waals surface area (Å²) >= 11 is 0. The molecule has 0 fully saturated rings. The van der Waals surface area contributed by atoms with Crippen molar-refractivity contribution in [2.45, 2.75) is 18.4 Å². The van der Waals surface area contributed by atoms with Crippen LogP contribution in [0.15, 0.2) is 102 Å². The minimum Gasteiger partial charge on any atom is -0.489 e. The van der Waals surface area contributed by atoms with E-state index in [2.05, 4.69) is 5.32 Å². The van der Waals surface area contributed by atoms with Gasteiger partial charge < -0.3 is 10.1 Å². The monoisotopic (exact) mass is 484 g/mol. The van der Waals surface area contributed by atoms with Crippen molar-refractivity contribution in [2.24, 2.45) is 0 Å². The van der Waals surface area contributed by atoms with Crippen LogP contribution in [0, 0.1) is 6.92 Å². The molecular formula is C28H24N2O4S. The Morgan fingerprint density at radius 3 is 2.34 bits per heavy atom.